The van der Waals surface area contributed by atoms with Gasteiger partial charge in [-0.15, -0.1) is 0 Å². The van der Waals surface area contributed by atoms with Crippen LogP contribution in [0.1, 0.15) is 30.1 Å². The smallest absolute Gasteiger partial charge is 0.310 e. The Labute approximate surface area is 104 Å². The third kappa shape index (κ3) is 3.91. The summed E-state index contributed by atoms with van der Waals surface area (Å²) < 4.78 is 31.6. The second kappa shape index (κ2) is 6.23. The summed E-state index contributed by atoms with van der Waals surface area (Å²) in [5.74, 6) is -5.54. The maximum absolute atomic E-state index is 13.5. The molecule has 0 aliphatic carbocycles. The number of halogens is 2. The van der Waals surface area contributed by atoms with E-state index in [-0.39, 0.29) is 12.2 Å². The number of hydrogen-bond acceptors (Lipinski definition) is 3. The van der Waals surface area contributed by atoms with Gasteiger partial charge < -0.3 is 4.74 Å². The molecule has 1 rings (SSSR count). The molecular weight excluding hydrogens is 242 g/mol. The number of ether oxygens (including phenoxy) is 1. The predicted molar refractivity (Wildman–Crippen MR) is 61.6 cm³/mol. The van der Waals surface area contributed by atoms with Gasteiger partial charge in [0.2, 0.25) is 5.78 Å². The SMILES string of the molecule is CCOC(=O)CCC(F)(F)C(=O)c1ccccc1. The first-order chi connectivity index (χ1) is 8.47. The van der Waals surface area contributed by atoms with Crippen molar-refractivity contribution >= 4 is 11.8 Å². The molecule has 0 aliphatic heterocycles. The third-order valence-electron chi connectivity index (χ3n) is 2.32. The monoisotopic (exact) mass is 256 g/mol. The zero-order valence-electron chi connectivity index (χ0n) is 9.99. The number of Topliss-reactive ketones (excluding diaryl/α,β-unsaturated/α-hetero) is 1. The second-order valence-corrected chi connectivity index (χ2v) is 3.70. The van der Waals surface area contributed by atoms with Gasteiger partial charge in [-0.3, -0.25) is 9.59 Å². The lowest BCUT2D eigenvalue weighted by Crippen LogP contribution is -2.29. The standard InChI is InChI=1S/C13H14F2O3/c1-2-18-11(16)8-9-13(14,15)12(17)10-6-4-3-5-7-10/h3-7H,2,8-9H2,1H3. The quantitative estimate of drug-likeness (QED) is 0.580. The van der Waals surface area contributed by atoms with Crippen LogP contribution in [0.2, 0.25) is 0 Å². The Hall–Kier alpha value is -1.78. The first-order valence-electron chi connectivity index (χ1n) is 5.60. The van der Waals surface area contributed by atoms with Crippen molar-refractivity contribution in [1.29, 1.82) is 0 Å². The molecule has 0 fully saturated rings. The molecule has 3 nitrogen and oxygen atoms in total. The molecule has 0 N–H and O–H groups in total. The zero-order valence-corrected chi connectivity index (χ0v) is 9.99. The number of rotatable bonds is 6. The molecule has 1 aromatic rings. The van der Waals surface area contributed by atoms with Crippen molar-refractivity contribution in [2.45, 2.75) is 25.7 Å². The van der Waals surface area contributed by atoms with Crippen LogP contribution in [0.3, 0.4) is 0 Å². The Morgan fingerprint density at radius 2 is 1.83 bits per heavy atom. The summed E-state index contributed by atoms with van der Waals surface area (Å²) in [6.07, 6.45) is -1.31. The lowest BCUT2D eigenvalue weighted by Gasteiger charge is -2.14. The highest BCUT2D eigenvalue weighted by Crippen LogP contribution is 2.25. The molecular formula is C13H14F2O3. The van der Waals surface area contributed by atoms with Crippen LogP contribution in [-0.2, 0) is 9.53 Å². The molecule has 1 aromatic carbocycles. The third-order valence-corrected chi connectivity index (χ3v) is 2.32. The van der Waals surface area contributed by atoms with Gasteiger partial charge in [-0.05, 0) is 6.92 Å². The van der Waals surface area contributed by atoms with Crippen LogP contribution in [0.15, 0.2) is 30.3 Å². The van der Waals surface area contributed by atoms with Crippen molar-refractivity contribution in [3.05, 3.63) is 35.9 Å². The average Bonchev–Trinajstić information content (AvgIpc) is 2.37. The van der Waals surface area contributed by atoms with E-state index in [0.29, 0.717) is 0 Å². The van der Waals surface area contributed by atoms with Crippen LogP contribution in [0.4, 0.5) is 8.78 Å². The van der Waals surface area contributed by atoms with Crippen LogP contribution >= 0.6 is 0 Å². The fourth-order valence-electron chi connectivity index (χ4n) is 1.41. The Balaban J connectivity index is 2.63. The van der Waals surface area contributed by atoms with Gasteiger partial charge in [-0.25, -0.2) is 0 Å². The second-order valence-electron chi connectivity index (χ2n) is 3.70. The molecule has 0 radical (unpaired) electrons. The number of esters is 1. The average molecular weight is 256 g/mol. The van der Waals surface area contributed by atoms with Gasteiger partial charge in [-0.1, -0.05) is 30.3 Å². The maximum atomic E-state index is 13.5. The minimum atomic E-state index is -3.55. The molecule has 0 spiro atoms. The number of alkyl halides is 2. The van der Waals surface area contributed by atoms with Crippen LogP contribution in [0.5, 0.6) is 0 Å². The van der Waals surface area contributed by atoms with Crippen molar-refractivity contribution in [3.8, 4) is 0 Å². The molecule has 18 heavy (non-hydrogen) atoms. The summed E-state index contributed by atoms with van der Waals surface area (Å²) >= 11 is 0. The molecule has 0 atom stereocenters. The molecule has 98 valence electrons. The lowest BCUT2D eigenvalue weighted by atomic mass is 10.0. The van der Waals surface area contributed by atoms with E-state index < -0.39 is 30.5 Å². The predicted octanol–water partition coefficient (Wildman–Crippen LogP) is 2.85. The van der Waals surface area contributed by atoms with E-state index in [1.54, 1.807) is 13.0 Å². The van der Waals surface area contributed by atoms with E-state index in [1.165, 1.54) is 24.3 Å². The van der Waals surface area contributed by atoms with Crippen molar-refractivity contribution in [3.63, 3.8) is 0 Å². The number of ketones is 1. The number of carbonyl (C=O) groups is 2. The highest BCUT2D eigenvalue weighted by Gasteiger charge is 2.39. The fourth-order valence-corrected chi connectivity index (χ4v) is 1.41. The lowest BCUT2D eigenvalue weighted by molar-refractivity contribution is -0.144. The van der Waals surface area contributed by atoms with Crippen molar-refractivity contribution < 1.29 is 23.1 Å². The van der Waals surface area contributed by atoms with Gasteiger partial charge in [0.25, 0.3) is 0 Å². The molecule has 5 heteroatoms. The van der Waals surface area contributed by atoms with Crippen LogP contribution in [0, 0.1) is 0 Å². The van der Waals surface area contributed by atoms with Gasteiger partial charge in [-0.2, -0.15) is 8.78 Å². The summed E-state index contributed by atoms with van der Waals surface area (Å²) in [5.41, 5.74) is -0.0636. The summed E-state index contributed by atoms with van der Waals surface area (Å²) in [4.78, 5) is 22.5. The van der Waals surface area contributed by atoms with Crippen molar-refractivity contribution in [2.75, 3.05) is 6.61 Å². The first kappa shape index (κ1) is 14.3. The Morgan fingerprint density at radius 1 is 1.22 bits per heavy atom. The summed E-state index contributed by atoms with van der Waals surface area (Å²) in [5, 5.41) is 0. The zero-order chi connectivity index (χ0) is 13.6. The summed E-state index contributed by atoms with van der Waals surface area (Å²) in [6.45, 7) is 1.72. The van der Waals surface area contributed by atoms with E-state index in [4.69, 9.17) is 0 Å². The van der Waals surface area contributed by atoms with Gasteiger partial charge in [0.1, 0.15) is 0 Å². The maximum Gasteiger partial charge on any atom is 0.310 e. The number of hydrogen-bond donors (Lipinski definition) is 0. The van der Waals surface area contributed by atoms with E-state index >= 15 is 0 Å². The highest BCUT2D eigenvalue weighted by atomic mass is 19.3. The van der Waals surface area contributed by atoms with Gasteiger partial charge in [0.05, 0.1) is 13.0 Å². The molecule has 0 amide bonds. The Bertz CT molecular complexity index is 416. The van der Waals surface area contributed by atoms with Crippen molar-refractivity contribution in [2.24, 2.45) is 0 Å². The minimum Gasteiger partial charge on any atom is -0.466 e. The molecule has 0 unspecified atom stereocenters. The van der Waals surface area contributed by atoms with Crippen LogP contribution < -0.4 is 0 Å². The van der Waals surface area contributed by atoms with E-state index in [1.807, 2.05) is 0 Å². The molecule has 0 bridgehead atoms. The van der Waals surface area contributed by atoms with Crippen molar-refractivity contribution in [1.82, 2.24) is 0 Å². The Kier molecular flexibility index (Phi) is 4.95. The summed E-state index contributed by atoms with van der Waals surface area (Å²) in [7, 11) is 0. The molecule has 0 saturated heterocycles. The van der Waals surface area contributed by atoms with E-state index in [9.17, 15) is 18.4 Å². The molecule has 0 saturated carbocycles. The van der Waals surface area contributed by atoms with E-state index in [2.05, 4.69) is 4.74 Å². The molecule has 0 aliphatic rings. The molecule has 0 aromatic heterocycles. The minimum absolute atomic E-state index is 0.0636. The van der Waals surface area contributed by atoms with Gasteiger partial charge in [0.15, 0.2) is 0 Å². The van der Waals surface area contributed by atoms with Crippen LogP contribution in [-0.4, -0.2) is 24.3 Å². The highest BCUT2D eigenvalue weighted by molar-refractivity contribution is 6.01. The number of carbonyl (C=O) groups excluding carboxylic acids is 2. The summed E-state index contributed by atoms with van der Waals surface area (Å²) in [6, 6.07) is 7.29. The Morgan fingerprint density at radius 3 is 2.39 bits per heavy atom. The van der Waals surface area contributed by atoms with Gasteiger partial charge >= 0.3 is 11.9 Å². The normalized spacial score (nSPS) is 11.1. The fraction of sp³-hybridized carbons (Fsp3) is 0.385. The van der Waals surface area contributed by atoms with Gasteiger partial charge in [0, 0.05) is 12.0 Å². The number of benzene rings is 1. The van der Waals surface area contributed by atoms with E-state index in [0.717, 1.165) is 0 Å². The largest absolute Gasteiger partial charge is 0.466 e. The van der Waals surface area contributed by atoms with Crippen LogP contribution in [0.25, 0.3) is 0 Å². The topological polar surface area (TPSA) is 43.4 Å². The molecule has 0 heterocycles. The first-order valence-corrected chi connectivity index (χ1v) is 5.60.